The van der Waals surface area contributed by atoms with Crippen LogP contribution in [0.5, 0.6) is 5.75 Å². The zero-order chi connectivity index (χ0) is 26.7. The lowest BCUT2D eigenvalue weighted by Gasteiger charge is -2.12. The van der Waals surface area contributed by atoms with Crippen LogP contribution >= 0.6 is 15.9 Å². The summed E-state index contributed by atoms with van der Waals surface area (Å²) in [6, 6.07) is 15.6. The number of ether oxygens (including phenoxy) is 1. The number of fused-ring (bicyclic) bond motifs is 1. The third-order valence-corrected chi connectivity index (χ3v) is 5.91. The molecule has 4 rings (SSSR count). The summed E-state index contributed by atoms with van der Waals surface area (Å²) in [5.41, 5.74) is 0.918. The van der Waals surface area contributed by atoms with Gasteiger partial charge < -0.3 is 9.84 Å². The third kappa shape index (κ3) is 5.72. The number of benzene rings is 3. The zero-order valence-electron chi connectivity index (χ0n) is 19.8. The Morgan fingerprint density at radius 1 is 1.22 bits per heavy atom. The Morgan fingerprint density at radius 2 is 2.00 bits per heavy atom. The quantitative estimate of drug-likeness (QED) is 0.173. The fourth-order valence-electron chi connectivity index (χ4n) is 3.61. The van der Waals surface area contributed by atoms with Crippen molar-refractivity contribution in [3.05, 3.63) is 108 Å². The number of aromatic nitrogens is 2. The molecule has 0 bridgehead atoms. The number of carboxylic acid groups (broad SMARTS) is 1. The van der Waals surface area contributed by atoms with Crippen LogP contribution in [0.1, 0.15) is 47.1 Å². The Hall–Kier alpha value is -4.38. The molecule has 0 fully saturated rings. The first-order chi connectivity index (χ1) is 17.6. The molecule has 11 heteroatoms. The summed E-state index contributed by atoms with van der Waals surface area (Å²) in [7, 11) is 0. The van der Waals surface area contributed by atoms with E-state index in [0.29, 0.717) is 27.9 Å². The maximum Gasteiger partial charge on any atom is 0.335 e. The molecule has 0 atom stereocenters. The van der Waals surface area contributed by atoms with E-state index in [1.165, 1.54) is 35.2 Å². The summed E-state index contributed by atoms with van der Waals surface area (Å²) in [6.07, 6.45) is 1.35. The summed E-state index contributed by atoms with van der Waals surface area (Å²) in [6.45, 7) is 3.73. The standard InChI is InChI=1S/C26H21BrN4O6/c1-15(2)24-29-21-8-7-19(27)12-20(21)25(32)30(24)28-13-16-6-9-23(22(11-16)31(35)36)37-14-17-4-3-5-18(10-17)26(33)34/h3-13,15H,14H2,1-2H3,(H,33,34). The highest BCUT2D eigenvalue weighted by Crippen LogP contribution is 2.28. The van der Waals surface area contributed by atoms with Gasteiger partial charge in [-0.25, -0.2) is 9.78 Å². The lowest BCUT2D eigenvalue weighted by atomic mass is 10.1. The Morgan fingerprint density at radius 3 is 2.70 bits per heavy atom. The molecule has 3 aromatic carbocycles. The Balaban J connectivity index is 1.65. The van der Waals surface area contributed by atoms with Gasteiger partial charge in [-0.3, -0.25) is 14.9 Å². The van der Waals surface area contributed by atoms with E-state index in [9.17, 15) is 19.7 Å². The SMILES string of the molecule is CC(C)c1nc2ccc(Br)cc2c(=O)n1N=Cc1ccc(OCc2cccc(C(=O)O)c2)c([N+](=O)[O-])c1. The molecule has 0 amide bonds. The maximum absolute atomic E-state index is 13.2. The molecule has 0 spiro atoms. The summed E-state index contributed by atoms with van der Waals surface area (Å²) in [4.78, 5) is 40.0. The van der Waals surface area contributed by atoms with Crippen molar-refractivity contribution in [3.8, 4) is 5.75 Å². The van der Waals surface area contributed by atoms with E-state index in [1.54, 1.807) is 36.4 Å². The van der Waals surface area contributed by atoms with Crippen molar-refractivity contribution in [3.63, 3.8) is 0 Å². The first kappa shape index (κ1) is 25.7. The molecule has 1 aromatic heterocycles. The molecule has 0 aliphatic carbocycles. The minimum absolute atomic E-state index is 0.0140. The van der Waals surface area contributed by atoms with E-state index in [0.717, 1.165) is 4.47 Å². The first-order valence-corrected chi connectivity index (χ1v) is 11.9. The first-order valence-electron chi connectivity index (χ1n) is 11.1. The predicted molar refractivity (Wildman–Crippen MR) is 142 cm³/mol. The van der Waals surface area contributed by atoms with Crippen LogP contribution in [0.4, 0.5) is 5.69 Å². The van der Waals surface area contributed by atoms with Crippen molar-refractivity contribution < 1.29 is 19.6 Å². The number of nitro benzene ring substituents is 1. The molecule has 1 heterocycles. The highest BCUT2D eigenvalue weighted by atomic mass is 79.9. The largest absolute Gasteiger partial charge is 0.482 e. The second-order valence-electron chi connectivity index (χ2n) is 8.43. The van der Waals surface area contributed by atoms with Crippen molar-refractivity contribution in [1.82, 2.24) is 9.66 Å². The van der Waals surface area contributed by atoms with Crippen molar-refractivity contribution in [2.24, 2.45) is 5.10 Å². The molecule has 0 saturated carbocycles. The number of carboxylic acids is 1. The maximum atomic E-state index is 13.2. The van der Waals surface area contributed by atoms with Gasteiger partial charge in [0.1, 0.15) is 12.4 Å². The van der Waals surface area contributed by atoms with Crippen LogP contribution in [0.3, 0.4) is 0 Å². The van der Waals surface area contributed by atoms with Gasteiger partial charge in [0.05, 0.1) is 27.6 Å². The van der Waals surface area contributed by atoms with E-state index in [2.05, 4.69) is 26.0 Å². The Bertz CT molecular complexity index is 1610. The van der Waals surface area contributed by atoms with Gasteiger partial charge in [-0.15, -0.1) is 0 Å². The number of nitro groups is 1. The molecule has 0 aliphatic heterocycles. The molecule has 0 aliphatic rings. The van der Waals surface area contributed by atoms with Gasteiger partial charge >= 0.3 is 11.7 Å². The smallest absolute Gasteiger partial charge is 0.335 e. The second kappa shape index (κ2) is 10.7. The van der Waals surface area contributed by atoms with Gasteiger partial charge in [0.2, 0.25) is 0 Å². The number of hydrogen-bond donors (Lipinski definition) is 1. The molecule has 4 aromatic rings. The van der Waals surface area contributed by atoms with Crippen LogP contribution in [-0.4, -0.2) is 31.9 Å². The normalized spacial score (nSPS) is 11.4. The van der Waals surface area contributed by atoms with Gasteiger partial charge in [-0.2, -0.15) is 9.78 Å². The monoisotopic (exact) mass is 564 g/mol. The molecular formula is C26H21BrN4O6. The lowest BCUT2D eigenvalue weighted by Crippen LogP contribution is -2.23. The fraction of sp³-hybridized carbons (Fsp3) is 0.154. The molecule has 0 unspecified atom stereocenters. The van der Waals surface area contributed by atoms with Crippen LogP contribution in [-0.2, 0) is 6.61 Å². The van der Waals surface area contributed by atoms with E-state index >= 15 is 0 Å². The van der Waals surface area contributed by atoms with E-state index in [4.69, 9.17) is 9.84 Å². The van der Waals surface area contributed by atoms with Gasteiger partial charge in [-0.05, 0) is 48.0 Å². The topological polar surface area (TPSA) is 137 Å². The highest BCUT2D eigenvalue weighted by molar-refractivity contribution is 9.10. The lowest BCUT2D eigenvalue weighted by molar-refractivity contribution is -0.385. The number of rotatable bonds is 8. The van der Waals surface area contributed by atoms with Crippen molar-refractivity contribution >= 4 is 44.7 Å². The predicted octanol–water partition coefficient (Wildman–Crippen LogP) is 5.35. The fourth-order valence-corrected chi connectivity index (χ4v) is 3.97. The van der Waals surface area contributed by atoms with Crippen LogP contribution in [0.2, 0.25) is 0 Å². The second-order valence-corrected chi connectivity index (χ2v) is 9.34. The number of carbonyl (C=O) groups is 1. The minimum Gasteiger partial charge on any atom is -0.482 e. The van der Waals surface area contributed by atoms with E-state index in [1.807, 2.05) is 13.8 Å². The molecule has 37 heavy (non-hydrogen) atoms. The van der Waals surface area contributed by atoms with Crippen LogP contribution in [0.15, 0.2) is 75.0 Å². The molecule has 188 valence electrons. The summed E-state index contributed by atoms with van der Waals surface area (Å²) in [5.74, 6) is -0.720. The van der Waals surface area contributed by atoms with E-state index in [-0.39, 0.29) is 35.1 Å². The van der Waals surface area contributed by atoms with E-state index < -0.39 is 10.9 Å². The molecule has 10 nitrogen and oxygen atoms in total. The highest BCUT2D eigenvalue weighted by Gasteiger charge is 2.17. The van der Waals surface area contributed by atoms with Gasteiger partial charge in [0.15, 0.2) is 5.75 Å². The Kier molecular flexibility index (Phi) is 7.44. The molecule has 1 N–H and O–H groups in total. The Labute approximate surface area is 219 Å². The minimum atomic E-state index is -1.08. The van der Waals surface area contributed by atoms with Crippen LogP contribution < -0.4 is 10.3 Å². The summed E-state index contributed by atoms with van der Waals surface area (Å²) in [5, 5.41) is 25.5. The molecular weight excluding hydrogens is 544 g/mol. The number of nitrogens with zero attached hydrogens (tertiary/aromatic N) is 4. The van der Waals surface area contributed by atoms with Gasteiger partial charge in [0, 0.05) is 22.0 Å². The molecule has 0 radical (unpaired) electrons. The number of aromatic carboxylic acids is 1. The van der Waals surface area contributed by atoms with Crippen molar-refractivity contribution in [2.45, 2.75) is 26.4 Å². The zero-order valence-corrected chi connectivity index (χ0v) is 21.4. The summed E-state index contributed by atoms with van der Waals surface area (Å²) < 4.78 is 7.55. The molecule has 0 saturated heterocycles. The van der Waals surface area contributed by atoms with Crippen molar-refractivity contribution in [2.75, 3.05) is 0 Å². The third-order valence-electron chi connectivity index (χ3n) is 5.42. The van der Waals surface area contributed by atoms with Gasteiger partial charge in [0.25, 0.3) is 5.56 Å². The average molecular weight is 565 g/mol. The summed E-state index contributed by atoms with van der Waals surface area (Å²) >= 11 is 3.36. The van der Waals surface area contributed by atoms with Crippen molar-refractivity contribution in [1.29, 1.82) is 0 Å². The van der Waals surface area contributed by atoms with Crippen LogP contribution in [0.25, 0.3) is 10.9 Å². The number of halogens is 1. The average Bonchev–Trinajstić information content (AvgIpc) is 2.87. The number of hydrogen-bond acceptors (Lipinski definition) is 7. The van der Waals surface area contributed by atoms with Gasteiger partial charge in [-0.1, -0.05) is 41.9 Å². The van der Waals surface area contributed by atoms with Crippen LogP contribution in [0, 0.1) is 10.1 Å².